The summed E-state index contributed by atoms with van der Waals surface area (Å²) in [5.74, 6) is -1.78. The van der Waals surface area contributed by atoms with Crippen molar-refractivity contribution in [1.82, 2.24) is 10.2 Å². The third-order valence-electron chi connectivity index (χ3n) is 2.95. The molecule has 0 atom stereocenters. The molecule has 0 radical (unpaired) electrons. The summed E-state index contributed by atoms with van der Waals surface area (Å²) in [5.41, 5.74) is -1.36. The number of carbonyl (C=O) groups is 3. The highest BCUT2D eigenvalue weighted by Gasteiger charge is 2.32. The van der Waals surface area contributed by atoms with Gasteiger partial charge in [-0.25, -0.2) is 9.18 Å². The van der Waals surface area contributed by atoms with Crippen molar-refractivity contribution in [1.29, 1.82) is 0 Å². The lowest BCUT2D eigenvalue weighted by Gasteiger charge is -2.24. The minimum absolute atomic E-state index is 0.182. The number of hydrogen-bond donors (Lipinski definition) is 1. The second-order valence-electron chi connectivity index (χ2n) is 5.71. The molecule has 0 aliphatic rings. The van der Waals surface area contributed by atoms with Crippen LogP contribution in [-0.4, -0.2) is 55.5 Å². The fourth-order valence-electron chi connectivity index (χ4n) is 1.53. The highest BCUT2D eigenvalue weighted by atomic mass is 19.1. The van der Waals surface area contributed by atoms with Gasteiger partial charge < -0.3 is 19.7 Å². The van der Waals surface area contributed by atoms with E-state index >= 15 is 0 Å². The molecule has 0 aliphatic carbocycles. The third kappa shape index (κ3) is 6.23. The Balaban J connectivity index is 2.46. The highest BCUT2D eigenvalue weighted by molar-refractivity contribution is 5.87. The molecule has 1 rings (SSSR count). The van der Waals surface area contributed by atoms with Gasteiger partial charge in [0.25, 0.3) is 5.91 Å². The Kier molecular flexibility index (Phi) is 6.69. The Morgan fingerprint density at radius 2 is 1.75 bits per heavy atom. The number of carbonyl (C=O) groups excluding carboxylic acids is 3. The van der Waals surface area contributed by atoms with Gasteiger partial charge in [0.15, 0.2) is 12.2 Å². The van der Waals surface area contributed by atoms with Gasteiger partial charge in [-0.1, -0.05) is 0 Å². The molecule has 0 aromatic heterocycles. The first-order valence-electron chi connectivity index (χ1n) is 7.20. The summed E-state index contributed by atoms with van der Waals surface area (Å²) in [7, 11) is 3.12. The zero-order valence-electron chi connectivity index (χ0n) is 14.1. The minimum Gasteiger partial charge on any atom is -0.476 e. The number of hydrogen-bond acceptors (Lipinski definition) is 5. The van der Waals surface area contributed by atoms with Crippen LogP contribution in [0.15, 0.2) is 24.3 Å². The van der Waals surface area contributed by atoms with Crippen LogP contribution >= 0.6 is 0 Å². The monoisotopic (exact) mass is 340 g/mol. The van der Waals surface area contributed by atoms with Crippen molar-refractivity contribution in [3.05, 3.63) is 30.1 Å². The van der Waals surface area contributed by atoms with E-state index in [2.05, 4.69) is 5.32 Å². The summed E-state index contributed by atoms with van der Waals surface area (Å²) in [4.78, 5) is 36.2. The molecule has 0 fully saturated rings. The van der Waals surface area contributed by atoms with Crippen molar-refractivity contribution in [2.24, 2.45) is 0 Å². The van der Waals surface area contributed by atoms with Crippen LogP contribution in [0.4, 0.5) is 4.39 Å². The summed E-state index contributed by atoms with van der Waals surface area (Å²) in [5, 5.41) is 2.34. The minimum atomic E-state index is -1.36. The summed E-state index contributed by atoms with van der Waals surface area (Å²) in [6, 6.07) is 5.16. The third-order valence-corrected chi connectivity index (χ3v) is 2.95. The number of halogens is 1. The lowest BCUT2D eigenvalue weighted by molar-refractivity contribution is -0.162. The summed E-state index contributed by atoms with van der Waals surface area (Å²) < 4.78 is 23.2. The number of benzene rings is 1. The van der Waals surface area contributed by atoms with Crippen LogP contribution in [0.25, 0.3) is 0 Å². The number of likely N-dealkylation sites (N-methyl/N-ethyl adjacent to an activating group) is 1. The number of amides is 2. The summed E-state index contributed by atoms with van der Waals surface area (Å²) >= 11 is 0. The van der Waals surface area contributed by atoms with Gasteiger partial charge in [-0.2, -0.15) is 0 Å². The Morgan fingerprint density at radius 3 is 2.29 bits per heavy atom. The van der Waals surface area contributed by atoms with E-state index < -0.39 is 29.9 Å². The summed E-state index contributed by atoms with van der Waals surface area (Å²) in [6.45, 7) is 2.22. The molecule has 1 N–H and O–H groups in total. The van der Waals surface area contributed by atoms with Crippen molar-refractivity contribution in [3.8, 4) is 5.75 Å². The lowest BCUT2D eigenvalue weighted by Crippen LogP contribution is -2.42. The Morgan fingerprint density at radius 1 is 1.17 bits per heavy atom. The van der Waals surface area contributed by atoms with Crippen LogP contribution in [0, 0.1) is 5.82 Å². The van der Waals surface area contributed by atoms with Crippen LogP contribution in [0.2, 0.25) is 0 Å². The van der Waals surface area contributed by atoms with Gasteiger partial charge >= 0.3 is 5.97 Å². The second kappa shape index (κ2) is 8.28. The maximum absolute atomic E-state index is 12.8. The Hall–Kier alpha value is -2.64. The largest absolute Gasteiger partial charge is 0.476 e. The second-order valence-corrected chi connectivity index (χ2v) is 5.71. The van der Waals surface area contributed by atoms with Crippen LogP contribution < -0.4 is 10.1 Å². The van der Waals surface area contributed by atoms with E-state index in [0.29, 0.717) is 5.75 Å². The smallest absolute Gasteiger partial charge is 0.350 e. The van der Waals surface area contributed by atoms with E-state index in [9.17, 15) is 18.8 Å². The Bertz CT molecular complexity index is 599. The molecule has 24 heavy (non-hydrogen) atoms. The molecule has 132 valence electrons. The van der Waals surface area contributed by atoms with Crippen molar-refractivity contribution in [2.75, 3.05) is 27.2 Å². The first-order chi connectivity index (χ1) is 11.1. The van der Waals surface area contributed by atoms with Gasteiger partial charge in [0.1, 0.15) is 11.6 Å². The first-order valence-corrected chi connectivity index (χ1v) is 7.20. The van der Waals surface area contributed by atoms with Crippen molar-refractivity contribution < 1.29 is 28.2 Å². The SMILES string of the molecule is CN(C)C(=O)CNC(=O)COC(=O)C(C)(C)Oc1ccc(F)cc1. The lowest BCUT2D eigenvalue weighted by atomic mass is 10.1. The van der Waals surface area contributed by atoms with E-state index in [-0.39, 0.29) is 12.5 Å². The average molecular weight is 340 g/mol. The molecule has 2 amide bonds. The molecule has 0 aliphatic heterocycles. The molecule has 8 heteroatoms. The van der Waals surface area contributed by atoms with E-state index in [4.69, 9.17) is 9.47 Å². The number of nitrogens with one attached hydrogen (secondary N) is 1. The van der Waals surface area contributed by atoms with E-state index in [1.54, 1.807) is 14.1 Å². The van der Waals surface area contributed by atoms with Crippen LogP contribution in [0.5, 0.6) is 5.75 Å². The molecule has 0 saturated heterocycles. The molecule has 0 bridgehead atoms. The summed E-state index contributed by atoms with van der Waals surface area (Å²) in [6.07, 6.45) is 0. The zero-order chi connectivity index (χ0) is 18.3. The van der Waals surface area contributed by atoms with Crippen LogP contribution in [0.3, 0.4) is 0 Å². The van der Waals surface area contributed by atoms with Gasteiger partial charge in [-0.05, 0) is 38.1 Å². The average Bonchev–Trinajstić information content (AvgIpc) is 2.51. The number of rotatable bonds is 7. The fourth-order valence-corrected chi connectivity index (χ4v) is 1.53. The topological polar surface area (TPSA) is 84.9 Å². The van der Waals surface area contributed by atoms with E-state index in [1.165, 1.54) is 43.0 Å². The van der Waals surface area contributed by atoms with Gasteiger partial charge in [0, 0.05) is 14.1 Å². The van der Waals surface area contributed by atoms with Crippen molar-refractivity contribution >= 4 is 17.8 Å². The van der Waals surface area contributed by atoms with Crippen LogP contribution in [-0.2, 0) is 19.1 Å². The molecule has 7 nitrogen and oxygen atoms in total. The van der Waals surface area contributed by atoms with Gasteiger partial charge in [0.2, 0.25) is 5.91 Å². The molecule has 1 aromatic rings. The molecular formula is C16H21FN2O5. The van der Waals surface area contributed by atoms with Crippen molar-refractivity contribution in [3.63, 3.8) is 0 Å². The number of nitrogens with zero attached hydrogens (tertiary/aromatic N) is 1. The quantitative estimate of drug-likeness (QED) is 0.740. The predicted molar refractivity (Wildman–Crippen MR) is 83.8 cm³/mol. The zero-order valence-corrected chi connectivity index (χ0v) is 14.1. The molecule has 1 aromatic carbocycles. The van der Waals surface area contributed by atoms with Gasteiger partial charge in [-0.15, -0.1) is 0 Å². The van der Waals surface area contributed by atoms with Crippen molar-refractivity contribution in [2.45, 2.75) is 19.4 Å². The van der Waals surface area contributed by atoms with E-state index in [1.807, 2.05) is 0 Å². The number of ether oxygens (including phenoxy) is 2. The first kappa shape index (κ1) is 19.4. The predicted octanol–water partition coefficient (Wildman–Crippen LogP) is 0.731. The molecular weight excluding hydrogens is 319 g/mol. The Labute approximate surface area is 139 Å². The maximum Gasteiger partial charge on any atom is 0.350 e. The number of esters is 1. The molecule has 0 unspecified atom stereocenters. The van der Waals surface area contributed by atoms with Gasteiger partial charge in [-0.3, -0.25) is 9.59 Å². The molecule has 0 saturated carbocycles. The van der Waals surface area contributed by atoms with Gasteiger partial charge in [0.05, 0.1) is 6.54 Å². The van der Waals surface area contributed by atoms with Crippen LogP contribution in [0.1, 0.15) is 13.8 Å². The van der Waals surface area contributed by atoms with E-state index in [0.717, 1.165) is 0 Å². The normalized spacial score (nSPS) is 10.7. The highest BCUT2D eigenvalue weighted by Crippen LogP contribution is 2.19. The molecule has 0 heterocycles. The fraction of sp³-hybridized carbons (Fsp3) is 0.438. The maximum atomic E-state index is 12.8. The standard InChI is InChI=1S/C16H21FN2O5/c1-16(2,24-12-7-5-11(17)6-8-12)15(22)23-10-13(20)18-9-14(21)19(3)4/h5-8H,9-10H2,1-4H3,(H,18,20). The molecule has 0 spiro atoms.